The molecule has 2 aromatic rings. The van der Waals surface area contributed by atoms with Gasteiger partial charge < -0.3 is 14.6 Å². The zero-order valence-corrected chi connectivity index (χ0v) is 19.0. The highest BCUT2D eigenvalue weighted by molar-refractivity contribution is 8.14. The number of thioether (sulfide) groups is 1. The number of aliphatic hydroxyl groups is 1. The van der Waals surface area contributed by atoms with Crippen molar-refractivity contribution in [3.05, 3.63) is 58.1 Å². The van der Waals surface area contributed by atoms with Crippen LogP contribution in [0.2, 0.25) is 0 Å². The number of aryl methyl sites for hydroxylation is 2. The minimum atomic E-state index is -0.873. The highest BCUT2D eigenvalue weighted by atomic mass is 32.2. The van der Waals surface area contributed by atoms with Crippen LogP contribution in [0, 0.1) is 20.8 Å². The standard InChI is InChI=1S/C24H27NO5S/c1-14-9-15(2)19-10-20(26)24(4,30-22(19)16(14)3)13-29-18-7-5-17(6-8-18)11-25-21(27)12-31-23(25)28/h5-9,20,26H,10-13H2,1-4H3. The molecule has 2 atom stereocenters. The number of rotatable bonds is 5. The van der Waals surface area contributed by atoms with Crippen LogP contribution in [-0.4, -0.2) is 45.2 Å². The van der Waals surface area contributed by atoms with Crippen LogP contribution in [0.3, 0.4) is 0 Å². The number of carbonyl (C=O) groups excluding carboxylic acids is 2. The van der Waals surface area contributed by atoms with Gasteiger partial charge in [-0.1, -0.05) is 30.0 Å². The Kier molecular flexibility index (Phi) is 5.75. The normalized spacial score (nSPS) is 23.0. The summed E-state index contributed by atoms with van der Waals surface area (Å²) < 4.78 is 12.3. The zero-order valence-electron chi connectivity index (χ0n) is 18.2. The van der Waals surface area contributed by atoms with E-state index in [9.17, 15) is 14.7 Å². The molecule has 2 heterocycles. The fourth-order valence-electron chi connectivity index (χ4n) is 3.97. The fourth-order valence-corrected chi connectivity index (χ4v) is 4.69. The second kappa shape index (κ2) is 8.20. The molecule has 2 aromatic carbocycles. The minimum absolute atomic E-state index is 0.160. The first kappa shape index (κ1) is 21.7. The van der Waals surface area contributed by atoms with Crippen molar-refractivity contribution in [3.8, 4) is 11.5 Å². The largest absolute Gasteiger partial charge is 0.489 e. The number of aliphatic hydroxyl groups excluding tert-OH is 1. The molecule has 0 spiro atoms. The van der Waals surface area contributed by atoms with Gasteiger partial charge in [-0.05, 0) is 62.1 Å². The first-order valence-electron chi connectivity index (χ1n) is 10.3. The van der Waals surface area contributed by atoms with E-state index >= 15 is 0 Å². The summed E-state index contributed by atoms with van der Waals surface area (Å²) in [6.07, 6.45) is -0.165. The summed E-state index contributed by atoms with van der Waals surface area (Å²) in [7, 11) is 0. The average molecular weight is 442 g/mol. The number of benzene rings is 2. The number of amides is 2. The number of nitrogens with zero attached hydrogens (tertiary/aromatic N) is 1. The smallest absolute Gasteiger partial charge is 0.289 e. The van der Waals surface area contributed by atoms with E-state index in [-0.39, 0.29) is 30.1 Å². The number of hydrogen-bond acceptors (Lipinski definition) is 6. The van der Waals surface area contributed by atoms with Crippen molar-refractivity contribution in [2.75, 3.05) is 12.4 Å². The van der Waals surface area contributed by atoms with Crippen LogP contribution in [0.4, 0.5) is 4.79 Å². The predicted molar refractivity (Wildman–Crippen MR) is 120 cm³/mol. The van der Waals surface area contributed by atoms with Gasteiger partial charge in [-0.15, -0.1) is 0 Å². The van der Waals surface area contributed by atoms with Crippen LogP contribution in [0.1, 0.15) is 34.7 Å². The Labute approximate surface area is 186 Å². The molecule has 2 amide bonds. The molecule has 0 aromatic heterocycles. The molecule has 0 radical (unpaired) electrons. The number of ether oxygens (including phenoxy) is 2. The maximum Gasteiger partial charge on any atom is 0.289 e. The van der Waals surface area contributed by atoms with Crippen LogP contribution >= 0.6 is 11.8 Å². The number of hydrogen-bond donors (Lipinski definition) is 1. The highest BCUT2D eigenvalue weighted by Gasteiger charge is 2.42. The van der Waals surface area contributed by atoms with Gasteiger partial charge in [0.2, 0.25) is 5.91 Å². The van der Waals surface area contributed by atoms with Gasteiger partial charge in [-0.3, -0.25) is 14.5 Å². The van der Waals surface area contributed by atoms with Crippen LogP contribution in [-0.2, 0) is 17.8 Å². The number of carbonyl (C=O) groups is 2. The second-order valence-corrected chi connectivity index (χ2v) is 9.47. The van der Waals surface area contributed by atoms with E-state index in [2.05, 4.69) is 13.0 Å². The third-order valence-corrected chi connectivity index (χ3v) is 7.04. The molecule has 0 bridgehead atoms. The Morgan fingerprint density at radius 2 is 1.90 bits per heavy atom. The van der Waals surface area contributed by atoms with Gasteiger partial charge in [0, 0.05) is 12.0 Å². The summed E-state index contributed by atoms with van der Waals surface area (Å²) in [5.74, 6) is 1.54. The summed E-state index contributed by atoms with van der Waals surface area (Å²) in [6, 6.07) is 9.42. The van der Waals surface area contributed by atoms with Gasteiger partial charge in [0.1, 0.15) is 24.2 Å². The van der Waals surface area contributed by atoms with Gasteiger partial charge in [-0.25, -0.2) is 0 Å². The molecule has 1 fully saturated rings. The van der Waals surface area contributed by atoms with E-state index in [4.69, 9.17) is 9.47 Å². The molecule has 2 unspecified atom stereocenters. The summed E-state index contributed by atoms with van der Waals surface area (Å²) in [5.41, 5.74) is 4.42. The summed E-state index contributed by atoms with van der Waals surface area (Å²) >= 11 is 1.03. The van der Waals surface area contributed by atoms with Crippen molar-refractivity contribution >= 4 is 22.9 Å². The van der Waals surface area contributed by atoms with E-state index in [0.29, 0.717) is 12.2 Å². The molecule has 31 heavy (non-hydrogen) atoms. The van der Waals surface area contributed by atoms with E-state index < -0.39 is 11.7 Å². The van der Waals surface area contributed by atoms with E-state index in [1.54, 1.807) is 12.1 Å². The molecule has 7 heteroatoms. The summed E-state index contributed by atoms with van der Waals surface area (Å²) in [6.45, 7) is 8.48. The summed E-state index contributed by atoms with van der Waals surface area (Å²) in [5, 5.41) is 10.6. The average Bonchev–Trinajstić information content (AvgIpc) is 3.05. The second-order valence-electron chi connectivity index (χ2n) is 8.54. The number of imide groups is 1. The third kappa shape index (κ3) is 4.16. The van der Waals surface area contributed by atoms with Crippen LogP contribution in [0.15, 0.2) is 30.3 Å². The van der Waals surface area contributed by atoms with Crippen molar-refractivity contribution in [2.24, 2.45) is 0 Å². The highest BCUT2D eigenvalue weighted by Crippen LogP contribution is 2.39. The van der Waals surface area contributed by atoms with E-state index in [1.807, 2.05) is 32.9 Å². The molecule has 0 aliphatic carbocycles. The first-order valence-corrected chi connectivity index (χ1v) is 11.3. The molecule has 0 saturated carbocycles. The SMILES string of the molecule is Cc1cc(C)c2c(c1C)OC(C)(COc1ccc(CN3C(=O)CSC3=O)cc1)C(O)C2. The summed E-state index contributed by atoms with van der Waals surface area (Å²) in [4.78, 5) is 24.8. The first-order chi connectivity index (χ1) is 14.7. The van der Waals surface area contributed by atoms with E-state index in [0.717, 1.165) is 39.8 Å². The van der Waals surface area contributed by atoms with Crippen molar-refractivity contribution < 1.29 is 24.2 Å². The molecule has 4 rings (SSSR count). The quantitative estimate of drug-likeness (QED) is 0.758. The maximum absolute atomic E-state index is 11.8. The molecule has 1 saturated heterocycles. The Bertz CT molecular complexity index is 1020. The topological polar surface area (TPSA) is 76.1 Å². The maximum atomic E-state index is 11.8. The Morgan fingerprint density at radius 3 is 2.55 bits per heavy atom. The third-order valence-electron chi connectivity index (χ3n) is 6.18. The lowest BCUT2D eigenvalue weighted by molar-refractivity contribution is -0.125. The van der Waals surface area contributed by atoms with Crippen molar-refractivity contribution in [3.63, 3.8) is 0 Å². The zero-order chi connectivity index (χ0) is 22.3. The van der Waals surface area contributed by atoms with Crippen molar-refractivity contribution in [2.45, 2.75) is 52.4 Å². The molecular formula is C24H27NO5S. The Hall–Kier alpha value is -2.51. The fraction of sp³-hybridized carbons (Fsp3) is 0.417. The van der Waals surface area contributed by atoms with Crippen LogP contribution in [0.25, 0.3) is 0 Å². The lowest BCUT2D eigenvalue weighted by Crippen LogP contribution is -2.53. The Morgan fingerprint density at radius 1 is 1.19 bits per heavy atom. The minimum Gasteiger partial charge on any atom is -0.489 e. The van der Waals surface area contributed by atoms with Crippen molar-refractivity contribution in [1.29, 1.82) is 0 Å². The molecule has 6 nitrogen and oxygen atoms in total. The van der Waals surface area contributed by atoms with Gasteiger partial charge in [0.05, 0.1) is 12.3 Å². The lowest BCUT2D eigenvalue weighted by atomic mass is 9.86. The molecule has 2 aliphatic rings. The molecule has 1 N–H and O–H groups in total. The predicted octanol–water partition coefficient (Wildman–Crippen LogP) is 3.94. The molecule has 2 aliphatic heterocycles. The van der Waals surface area contributed by atoms with Crippen LogP contribution < -0.4 is 9.47 Å². The van der Waals surface area contributed by atoms with Gasteiger partial charge in [0.15, 0.2) is 5.60 Å². The van der Waals surface area contributed by atoms with Crippen molar-refractivity contribution in [1.82, 2.24) is 4.90 Å². The van der Waals surface area contributed by atoms with Gasteiger partial charge in [0.25, 0.3) is 5.24 Å². The lowest BCUT2D eigenvalue weighted by Gasteiger charge is -2.41. The monoisotopic (exact) mass is 441 g/mol. The number of fused-ring (bicyclic) bond motifs is 1. The molecular weight excluding hydrogens is 414 g/mol. The molecule has 164 valence electrons. The van der Waals surface area contributed by atoms with Gasteiger partial charge >= 0.3 is 0 Å². The van der Waals surface area contributed by atoms with E-state index in [1.165, 1.54) is 10.5 Å². The Balaban J connectivity index is 1.44. The van der Waals surface area contributed by atoms with Gasteiger partial charge in [-0.2, -0.15) is 0 Å². The van der Waals surface area contributed by atoms with Crippen LogP contribution in [0.5, 0.6) is 11.5 Å².